The number of methoxy groups -OCH3 is 2. The number of carbonyl (C=O) groups excluding carboxylic acids is 1. The van der Waals surface area contributed by atoms with E-state index >= 15 is 0 Å². The fraction of sp³-hybridized carbons (Fsp3) is 0.258. The molecule has 1 heterocycles. The quantitative estimate of drug-likeness (QED) is 0.323. The molecule has 0 aromatic heterocycles. The number of ether oxygens (including phenoxy) is 2. The van der Waals surface area contributed by atoms with Crippen molar-refractivity contribution in [2.24, 2.45) is 0 Å². The minimum atomic E-state index is -0.192. The molecule has 1 amide bonds. The molecule has 5 nitrogen and oxygen atoms in total. The van der Waals surface area contributed by atoms with Crippen LogP contribution < -0.4 is 14.8 Å². The van der Waals surface area contributed by atoms with E-state index in [1.807, 2.05) is 0 Å². The molecule has 0 bridgehead atoms. The van der Waals surface area contributed by atoms with E-state index in [0.717, 1.165) is 25.8 Å². The van der Waals surface area contributed by atoms with Gasteiger partial charge in [-0.1, -0.05) is 60.7 Å². The predicted molar refractivity (Wildman–Crippen MR) is 152 cm³/mol. The van der Waals surface area contributed by atoms with E-state index in [1.54, 1.807) is 32.4 Å². The fourth-order valence-corrected chi connectivity index (χ4v) is 5.26. The number of rotatable bonds is 5. The van der Waals surface area contributed by atoms with Gasteiger partial charge in [0.05, 0.1) is 25.9 Å². The molecule has 1 unspecified atom stereocenters. The number of halogens is 1. The number of hydrogen-bond donors (Lipinski definition) is 1. The molecule has 3 aromatic carbocycles. The Bertz CT molecular complexity index is 1300. The number of piperidine rings is 1. The van der Waals surface area contributed by atoms with Crippen LogP contribution in [0.4, 0.5) is 0 Å². The molecular weight excluding hydrogens is 484 g/mol. The van der Waals surface area contributed by atoms with Crippen LogP contribution in [0.2, 0.25) is 0 Å². The molecule has 37 heavy (non-hydrogen) atoms. The van der Waals surface area contributed by atoms with Crippen molar-refractivity contribution in [2.75, 3.05) is 20.8 Å². The summed E-state index contributed by atoms with van der Waals surface area (Å²) in [5.41, 5.74) is 7.91. The molecule has 1 N–H and O–H groups in total. The zero-order valence-corrected chi connectivity index (χ0v) is 22.3. The molecule has 1 aliphatic heterocycles. The van der Waals surface area contributed by atoms with E-state index < -0.39 is 0 Å². The SMILES string of the molecule is COc1ccc(C(=O)NC(C)N2CCCCC2=C2c3ccccc3C=Cc3ccccc32)c(OC)c1.Cl. The summed E-state index contributed by atoms with van der Waals surface area (Å²) in [6.07, 6.45) is 7.39. The maximum absolute atomic E-state index is 13.3. The summed E-state index contributed by atoms with van der Waals surface area (Å²) in [6, 6.07) is 22.4. The Labute approximate surface area is 225 Å². The normalized spacial score (nSPS) is 15.1. The molecule has 1 fully saturated rings. The van der Waals surface area contributed by atoms with Gasteiger partial charge in [0.2, 0.25) is 0 Å². The van der Waals surface area contributed by atoms with E-state index in [1.165, 1.54) is 33.5 Å². The first-order valence-corrected chi connectivity index (χ1v) is 12.5. The molecule has 0 radical (unpaired) electrons. The monoisotopic (exact) mass is 516 g/mol. The van der Waals surface area contributed by atoms with E-state index in [2.05, 4.69) is 77.8 Å². The first-order valence-electron chi connectivity index (χ1n) is 12.5. The second kappa shape index (κ2) is 11.6. The second-order valence-electron chi connectivity index (χ2n) is 9.20. The van der Waals surface area contributed by atoms with Crippen molar-refractivity contribution in [3.05, 3.63) is 100 Å². The van der Waals surface area contributed by atoms with Crippen LogP contribution in [-0.2, 0) is 0 Å². The summed E-state index contributed by atoms with van der Waals surface area (Å²) in [4.78, 5) is 15.7. The lowest BCUT2D eigenvalue weighted by Crippen LogP contribution is -2.47. The standard InChI is InChI=1S/C31H32N2O3.ClH/c1-21(32-31(34)27-18-17-24(35-2)20-29(27)36-3)33-19-9-8-14-28(33)30-25-12-6-4-10-22(25)15-16-23-11-5-7-13-26(23)30;/h4-7,10-13,15-18,20-21H,8-9,14,19H2,1-3H3,(H,32,34);1H. The first kappa shape index (κ1) is 26.4. The second-order valence-corrected chi connectivity index (χ2v) is 9.20. The van der Waals surface area contributed by atoms with Gasteiger partial charge < -0.3 is 19.7 Å². The minimum Gasteiger partial charge on any atom is -0.497 e. The van der Waals surface area contributed by atoms with Crippen molar-refractivity contribution in [1.29, 1.82) is 0 Å². The zero-order chi connectivity index (χ0) is 25.1. The fourth-order valence-electron chi connectivity index (χ4n) is 5.26. The highest BCUT2D eigenvalue weighted by Gasteiger charge is 2.28. The van der Waals surface area contributed by atoms with Crippen molar-refractivity contribution in [1.82, 2.24) is 10.2 Å². The molecule has 1 aliphatic carbocycles. The lowest BCUT2D eigenvalue weighted by molar-refractivity contribution is 0.0877. The molecule has 5 rings (SSSR count). The molecule has 192 valence electrons. The Hall–Kier alpha value is -3.70. The molecule has 1 atom stereocenters. The number of benzene rings is 3. The maximum atomic E-state index is 13.3. The smallest absolute Gasteiger partial charge is 0.256 e. The average Bonchev–Trinajstić information content (AvgIpc) is 3.09. The molecule has 1 saturated heterocycles. The molecule has 0 saturated carbocycles. The summed E-state index contributed by atoms with van der Waals surface area (Å²) in [5.74, 6) is 0.980. The van der Waals surface area contributed by atoms with Crippen LogP contribution in [0.3, 0.4) is 0 Å². The average molecular weight is 517 g/mol. The summed E-state index contributed by atoms with van der Waals surface area (Å²) in [7, 11) is 3.17. The van der Waals surface area contributed by atoms with Gasteiger partial charge in [-0.3, -0.25) is 4.79 Å². The van der Waals surface area contributed by atoms with Gasteiger partial charge in [-0.2, -0.15) is 0 Å². The van der Waals surface area contributed by atoms with Gasteiger partial charge in [0.15, 0.2) is 0 Å². The van der Waals surface area contributed by atoms with Gasteiger partial charge in [0.1, 0.15) is 11.5 Å². The van der Waals surface area contributed by atoms with Gasteiger partial charge in [0, 0.05) is 23.9 Å². The summed E-state index contributed by atoms with van der Waals surface area (Å²) < 4.78 is 10.8. The molecule has 2 aliphatic rings. The summed E-state index contributed by atoms with van der Waals surface area (Å²) >= 11 is 0. The predicted octanol–water partition coefficient (Wildman–Crippen LogP) is 6.63. The minimum absolute atomic E-state index is 0. The number of likely N-dealkylation sites (tertiary alicyclic amines) is 1. The van der Waals surface area contributed by atoms with Crippen LogP contribution in [0.15, 0.2) is 72.4 Å². The maximum Gasteiger partial charge on any atom is 0.256 e. The summed E-state index contributed by atoms with van der Waals surface area (Å²) in [5, 5.41) is 3.23. The van der Waals surface area contributed by atoms with Gasteiger partial charge in [-0.15, -0.1) is 12.4 Å². The molecule has 6 heteroatoms. The number of carbonyl (C=O) groups is 1. The highest BCUT2D eigenvalue weighted by Crippen LogP contribution is 2.40. The Morgan fingerprint density at radius 3 is 2.16 bits per heavy atom. The van der Waals surface area contributed by atoms with Crippen LogP contribution in [0.5, 0.6) is 11.5 Å². The Morgan fingerprint density at radius 2 is 1.54 bits per heavy atom. The van der Waals surface area contributed by atoms with Crippen molar-refractivity contribution in [2.45, 2.75) is 32.4 Å². The van der Waals surface area contributed by atoms with E-state index in [9.17, 15) is 4.79 Å². The number of nitrogens with one attached hydrogen (secondary N) is 1. The molecule has 0 spiro atoms. The van der Waals surface area contributed by atoms with Crippen molar-refractivity contribution >= 4 is 36.0 Å². The van der Waals surface area contributed by atoms with Crippen molar-refractivity contribution in [3.63, 3.8) is 0 Å². The number of allylic oxidation sites excluding steroid dienone is 1. The lowest BCUT2D eigenvalue weighted by Gasteiger charge is -2.39. The molecular formula is C31H33ClN2O3. The molecule has 3 aromatic rings. The van der Waals surface area contributed by atoms with Crippen LogP contribution in [0.1, 0.15) is 58.8 Å². The third-order valence-electron chi connectivity index (χ3n) is 7.06. The topological polar surface area (TPSA) is 50.8 Å². The summed E-state index contributed by atoms with van der Waals surface area (Å²) in [6.45, 7) is 2.95. The highest BCUT2D eigenvalue weighted by atomic mass is 35.5. The van der Waals surface area contributed by atoms with Crippen LogP contribution in [0.25, 0.3) is 17.7 Å². The van der Waals surface area contributed by atoms with Crippen molar-refractivity contribution < 1.29 is 14.3 Å². The Kier molecular flexibility index (Phi) is 8.24. The third-order valence-corrected chi connectivity index (χ3v) is 7.06. The lowest BCUT2D eigenvalue weighted by atomic mass is 9.88. The van der Waals surface area contributed by atoms with Crippen LogP contribution in [-0.4, -0.2) is 37.7 Å². The first-order chi connectivity index (χ1) is 17.6. The number of fused-ring (bicyclic) bond motifs is 2. The van der Waals surface area contributed by atoms with Crippen molar-refractivity contribution in [3.8, 4) is 11.5 Å². The van der Waals surface area contributed by atoms with Gasteiger partial charge in [0.25, 0.3) is 5.91 Å². The Balaban J connectivity index is 0.00000320. The van der Waals surface area contributed by atoms with Crippen LogP contribution in [0, 0.1) is 0 Å². The van der Waals surface area contributed by atoms with E-state index in [0.29, 0.717) is 17.1 Å². The number of hydrogen-bond acceptors (Lipinski definition) is 4. The number of nitrogens with zero attached hydrogens (tertiary/aromatic N) is 1. The van der Waals surface area contributed by atoms with E-state index in [-0.39, 0.29) is 24.5 Å². The largest absolute Gasteiger partial charge is 0.497 e. The van der Waals surface area contributed by atoms with Gasteiger partial charge in [-0.05, 0) is 60.6 Å². The zero-order valence-electron chi connectivity index (χ0n) is 21.5. The third kappa shape index (κ3) is 5.23. The number of amides is 1. The van der Waals surface area contributed by atoms with E-state index in [4.69, 9.17) is 9.47 Å². The van der Waals surface area contributed by atoms with Gasteiger partial charge >= 0.3 is 0 Å². The van der Waals surface area contributed by atoms with Crippen LogP contribution >= 0.6 is 12.4 Å². The highest BCUT2D eigenvalue weighted by molar-refractivity contribution is 5.97. The van der Waals surface area contributed by atoms with Gasteiger partial charge in [-0.25, -0.2) is 0 Å². The Morgan fingerprint density at radius 1 is 0.892 bits per heavy atom.